The highest BCUT2D eigenvalue weighted by Gasteiger charge is 2.17. The van der Waals surface area contributed by atoms with Crippen molar-refractivity contribution in [3.05, 3.63) is 58.6 Å². The Morgan fingerprint density at radius 3 is 2.38 bits per heavy atom. The second-order valence-electron chi connectivity index (χ2n) is 4.97. The van der Waals surface area contributed by atoms with Gasteiger partial charge in [0.1, 0.15) is 11.6 Å². The minimum absolute atomic E-state index is 0.0111. The van der Waals surface area contributed by atoms with Crippen molar-refractivity contribution in [2.45, 2.75) is 0 Å². The van der Waals surface area contributed by atoms with Crippen LogP contribution in [-0.4, -0.2) is 27.6 Å². The molecule has 0 aliphatic carbocycles. The Hall–Kier alpha value is -2.19. The molecule has 0 atom stereocenters. The smallest absolute Gasteiger partial charge is 0.257 e. The van der Waals surface area contributed by atoms with Gasteiger partial charge in [-0.15, -0.1) is 0 Å². The summed E-state index contributed by atoms with van der Waals surface area (Å²) in [5, 5.41) is 2.27. The number of hydrogen-bond acceptors (Lipinski definition) is 3. The lowest BCUT2D eigenvalue weighted by Gasteiger charge is -2.17. The number of amides is 1. The van der Waals surface area contributed by atoms with Gasteiger partial charge in [0.2, 0.25) is 10.0 Å². The summed E-state index contributed by atoms with van der Waals surface area (Å²) in [6.45, 7) is 0. The molecule has 0 saturated heterocycles. The van der Waals surface area contributed by atoms with Crippen molar-refractivity contribution in [1.29, 1.82) is 0 Å². The Kier molecular flexibility index (Phi) is 5.10. The van der Waals surface area contributed by atoms with E-state index in [4.69, 9.17) is 11.6 Å². The molecule has 0 radical (unpaired) electrons. The van der Waals surface area contributed by atoms with Crippen LogP contribution in [0.1, 0.15) is 10.4 Å². The highest BCUT2D eigenvalue weighted by molar-refractivity contribution is 7.92. The van der Waals surface area contributed by atoms with E-state index in [1.165, 1.54) is 25.2 Å². The molecular weight excluding hydrogens is 362 g/mol. The summed E-state index contributed by atoms with van der Waals surface area (Å²) in [6, 6.07) is 6.74. The molecule has 0 saturated carbocycles. The van der Waals surface area contributed by atoms with Gasteiger partial charge in [-0.3, -0.25) is 9.10 Å². The van der Waals surface area contributed by atoms with E-state index in [0.717, 1.165) is 22.7 Å². The first kappa shape index (κ1) is 18.2. The molecule has 2 rings (SSSR count). The molecule has 24 heavy (non-hydrogen) atoms. The first-order chi connectivity index (χ1) is 11.1. The first-order valence-corrected chi connectivity index (χ1v) is 8.82. The number of hydrogen-bond donors (Lipinski definition) is 1. The van der Waals surface area contributed by atoms with E-state index < -0.39 is 27.6 Å². The molecule has 0 aliphatic heterocycles. The highest BCUT2D eigenvalue weighted by atomic mass is 35.5. The van der Waals surface area contributed by atoms with Crippen LogP contribution in [-0.2, 0) is 10.0 Å². The monoisotopic (exact) mass is 374 g/mol. The Bertz CT molecular complexity index is 904. The molecular formula is C15H13ClF2N2O3S. The summed E-state index contributed by atoms with van der Waals surface area (Å²) in [5.74, 6) is -2.40. The van der Waals surface area contributed by atoms with Crippen LogP contribution in [0, 0.1) is 11.6 Å². The van der Waals surface area contributed by atoms with Gasteiger partial charge in [-0.05, 0) is 30.3 Å². The van der Waals surface area contributed by atoms with E-state index in [1.54, 1.807) is 0 Å². The van der Waals surface area contributed by atoms with Crippen molar-refractivity contribution in [2.24, 2.45) is 0 Å². The highest BCUT2D eigenvalue weighted by Crippen LogP contribution is 2.25. The predicted octanol–water partition coefficient (Wildman–Crippen LogP) is 3.27. The second kappa shape index (κ2) is 6.74. The van der Waals surface area contributed by atoms with Crippen LogP contribution in [0.2, 0.25) is 5.02 Å². The lowest BCUT2D eigenvalue weighted by atomic mass is 10.2. The van der Waals surface area contributed by atoms with Gasteiger partial charge in [-0.2, -0.15) is 0 Å². The molecule has 128 valence electrons. The van der Waals surface area contributed by atoms with Crippen LogP contribution in [0.25, 0.3) is 0 Å². The summed E-state index contributed by atoms with van der Waals surface area (Å²) < 4.78 is 50.4. The Morgan fingerprint density at radius 1 is 1.17 bits per heavy atom. The number of benzene rings is 2. The number of halogens is 3. The maximum absolute atomic E-state index is 13.6. The van der Waals surface area contributed by atoms with Crippen molar-refractivity contribution in [1.82, 2.24) is 0 Å². The van der Waals surface area contributed by atoms with Crippen molar-refractivity contribution in [3.8, 4) is 0 Å². The zero-order valence-electron chi connectivity index (χ0n) is 12.7. The summed E-state index contributed by atoms with van der Waals surface area (Å²) in [7, 11) is -2.13. The normalized spacial score (nSPS) is 11.2. The third kappa shape index (κ3) is 4.01. The molecule has 5 nitrogen and oxygen atoms in total. The number of anilines is 2. The quantitative estimate of drug-likeness (QED) is 0.893. The second-order valence-corrected chi connectivity index (χ2v) is 7.39. The molecule has 0 fully saturated rings. The third-order valence-corrected chi connectivity index (χ3v) is 4.76. The Morgan fingerprint density at radius 2 is 1.83 bits per heavy atom. The van der Waals surface area contributed by atoms with Gasteiger partial charge in [0.25, 0.3) is 5.91 Å². The van der Waals surface area contributed by atoms with Gasteiger partial charge in [0.15, 0.2) is 0 Å². The molecule has 1 N–H and O–H groups in total. The fourth-order valence-electron chi connectivity index (χ4n) is 1.86. The van der Waals surface area contributed by atoms with Gasteiger partial charge in [-0.25, -0.2) is 17.2 Å². The van der Waals surface area contributed by atoms with E-state index in [1.807, 2.05) is 0 Å². The number of carbonyl (C=O) groups excluding carboxylic acids is 1. The van der Waals surface area contributed by atoms with E-state index in [2.05, 4.69) is 5.32 Å². The first-order valence-electron chi connectivity index (χ1n) is 6.59. The molecule has 0 bridgehead atoms. The average Bonchev–Trinajstić information content (AvgIpc) is 2.48. The maximum Gasteiger partial charge on any atom is 0.257 e. The fourth-order valence-corrected chi connectivity index (χ4v) is 2.61. The summed E-state index contributed by atoms with van der Waals surface area (Å²) >= 11 is 6.01. The molecule has 9 heteroatoms. The van der Waals surface area contributed by atoms with Gasteiger partial charge >= 0.3 is 0 Å². The van der Waals surface area contributed by atoms with Gasteiger partial charge in [-0.1, -0.05) is 11.6 Å². The van der Waals surface area contributed by atoms with Crippen LogP contribution in [0.5, 0.6) is 0 Å². The minimum atomic E-state index is -3.47. The van der Waals surface area contributed by atoms with Crippen molar-refractivity contribution in [2.75, 3.05) is 22.9 Å². The number of carbonyl (C=O) groups is 1. The Balaban J connectivity index is 2.27. The molecule has 2 aromatic rings. The lowest BCUT2D eigenvalue weighted by molar-refractivity contribution is 0.102. The third-order valence-electron chi connectivity index (χ3n) is 3.24. The zero-order valence-corrected chi connectivity index (χ0v) is 14.3. The van der Waals surface area contributed by atoms with Crippen LogP contribution in [0.15, 0.2) is 36.4 Å². The van der Waals surface area contributed by atoms with E-state index in [0.29, 0.717) is 6.07 Å². The largest absolute Gasteiger partial charge is 0.319 e. The number of nitrogens with zero attached hydrogens (tertiary/aromatic N) is 1. The van der Waals surface area contributed by atoms with Gasteiger partial charge < -0.3 is 5.32 Å². The zero-order chi connectivity index (χ0) is 18.1. The summed E-state index contributed by atoms with van der Waals surface area (Å²) in [6.07, 6.45) is 1.03. The van der Waals surface area contributed by atoms with E-state index in [9.17, 15) is 22.0 Å². The molecule has 2 aromatic carbocycles. The van der Waals surface area contributed by atoms with Gasteiger partial charge in [0.05, 0.1) is 28.2 Å². The van der Waals surface area contributed by atoms with Crippen molar-refractivity contribution >= 4 is 38.9 Å². The predicted molar refractivity (Wildman–Crippen MR) is 89.0 cm³/mol. The number of nitrogens with one attached hydrogen (secondary N) is 1. The molecule has 0 unspecified atom stereocenters. The van der Waals surface area contributed by atoms with E-state index in [-0.39, 0.29) is 22.0 Å². The molecule has 0 heterocycles. The fraction of sp³-hybridized carbons (Fsp3) is 0.133. The molecule has 0 aliphatic rings. The lowest BCUT2D eigenvalue weighted by Crippen LogP contribution is -2.25. The Labute approximate surface area is 142 Å². The molecule has 0 aromatic heterocycles. The average molecular weight is 375 g/mol. The number of sulfonamides is 1. The van der Waals surface area contributed by atoms with Crippen LogP contribution in [0.4, 0.5) is 20.2 Å². The molecule has 0 spiro atoms. The maximum atomic E-state index is 13.6. The summed E-state index contributed by atoms with van der Waals surface area (Å²) in [5.41, 5.74) is 0.0906. The summed E-state index contributed by atoms with van der Waals surface area (Å²) in [4.78, 5) is 12.2. The van der Waals surface area contributed by atoms with Crippen LogP contribution in [0.3, 0.4) is 0 Å². The van der Waals surface area contributed by atoms with Crippen LogP contribution >= 0.6 is 11.6 Å². The topological polar surface area (TPSA) is 66.5 Å². The van der Waals surface area contributed by atoms with Crippen LogP contribution < -0.4 is 9.62 Å². The van der Waals surface area contributed by atoms with Crippen molar-refractivity contribution in [3.63, 3.8) is 0 Å². The molecule has 1 amide bonds. The SMILES string of the molecule is CN(c1ccc(C(=O)Nc2ccc(F)cc2F)c(Cl)c1)S(C)(=O)=O. The van der Waals surface area contributed by atoms with E-state index >= 15 is 0 Å². The van der Waals surface area contributed by atoms with Crippen molar-refractivity contribution < 1.29 is 22.0 Å². The standard InChI is InChI=1S/C15H13ClF2N2O3S/c1-20(24(2,22)23)10-4-5-11(12(16)8-10)15(21)19-14-6-3-9(17)7-13(14)18/h3-8H,1-2H3,(H,19,21). The van der Waals surface area contributed by atoms with Gasteiger partial charge in [0, 0.05) is 13.1 Å². The minimum Gasteiger partial charge on any atom is -0.319 e. The number of rotatable bonds is 4.